The molecule has 0 unspecified atom stereocenters. The number of carbonyl (C=O) groups excluding carboxylic acids is 1. The highest BCUT2D eigenvalue weighted by molar-refractivity contribution is 5.93. The molecule has 25 heavy (non-hydrogen) atoms. The second kappa shape index (κ2) is 7.60. The number of rotatable bonds is 5. The first-order valence-electron chi connectivity index (χ1n) is 7.45. The number of amides is 1. The summed E-state index contributed by atoms with van der Waals surface area (Å²) in [4.78, 5) is 12.1. The van der Waals surface area contributed by atoms with Gasteiger partial charge in [0.1, 0.15) is 6.04 Å². The van der Waals surface area contributed by atoms with Gasteiger partial charge in [-0.1, -0.05) is 0 Å². The van der Waals surface area contributed by atoms with Crippen LogP contribution in [0.5, 0.6) is 0 Å². The summed E-state index contributed by atoms with van der Waals surface area (Å²) in [5.41, 5.74) is -0.0258. The van der Waals surface area contributed by atoms with Crippen molar-refractivity contribution in [1.82, 2.24) is 0 Å². The molecule has 3 N–H and O–H groups in total. The van der Waals surface area contributed by atoms with Crippen molar-refractivity contribution in [2.75, 3.05) is 5.32 Å². The fourth-order valence-corrected chi connectivity index (χ4v) is 2.30. The molecular formula is C17H16F5N2O+. The topological polar surface area (TPSA) is 45.7 Å². The molecule has 3 nitrogen and oxygen atoms in total. The van der Waals surface area contributed by atoms with E-state index in [1.165, 1.54) is 13.0 Å². The molecule has 0 saturated heterocycles. The molecule has 0 heterocycles. The quantitative estimate of drug-likeness (QED) is 0.626. The van der Waals surface area contributed by atoms with Gasteiger partial charge < -0.3 is 10.6 Å². The molecule has 0 radical (unpaired) electrons. The van der Waals surface area contributed by atoms with E-state index in [2.05, 4.69) is 5.32 Å². The molecule has 8 heteroatoms. The lowest BCUT2D eigenvalue weighted by molar-refractivity contribution is -0.709. The zero-order valence-corrected chi connectivity index (χ0v) is 13.4. The van der Waals surface area contributed by atoms with E-state index in [9.17, 15) is 26.7 Å². The smallest absolute Gasteiger partial charge is 0.282 e. The molecule has 2 aromatic carbocycles. The van der Waals surface area contributed by atoms with Crippen molar-refractivity contribution in [3.63, 3.8) is 0 Å². The summed E-state index contributed by atoms with van der Waals surface area (Å²) >= 11 is 0. The minimum Gasteiger partial charge on any atom is -0.330 e. The van der Waals surface area contributed by atoms with Crippen LogP contribution >= 0.6 is 0 Å². The molecule has 0 saturated carbocycles. The van der Waals surface area contributed by atoms with Gasteiger partial charge in [0, 0.05) is 5.56 Å². The van der Waals surface area contributed by atoms with E-state index >= 15 is 0 Å². The Morgan fingerprint density at radius 2 is 1.56 bits per heavy atom. The highest BCUT2D eigenvalue weighted by atomic mass is 19.2. The van der Waals surface area contributed by atoms with Crippen molar-refractivity contribution in [2.24, 2.45) is 0 Å². The molecule has 0 bridgehead atoms. The third-order valence-corrected chi connectivity index (χ3v) is 3.75. The molecular weight excluding hydrogens is 343 g/mol. The number of quaternary nitrogens is 1. The Morgan fingerprint density at radius 3 is 2.20 bits per heavy atom. The van der Waals surface area contributed by atoms with Crippen LogP contribution in [0.25, 0.3) is 0 Å². The zero-order valence-electron chi connectivity index (χ0n) is 13.4. The van der Waals surface area contributed by atoms with Gasteiger partial charge in [0.2, 0.25) is 0 Å². The van der Waals surface area contributed by atoms with Crippen LogP contribution < -0.4 is 10.6 Å². The van der Waals surface area contributed by atoms with Gasteiger partial charge in [-0.2, -0.15) is 0 Å². The Balaban J connectivity index is 2.05. The second-order valence-electron chi connectivity index (χ2n) is 5.66. The van der Waals surface area contributed by atoms with Crippen LogP contribution in [0.15, 0.2) is 30.3 Å². The number of nitrogens with two attached hydrogens (primary N) is 1. The number of benzene rings is 2. The Morgan fingerprint density at radius 1 is 0.920 bits per heavy atom. The average Bonchev–Trinajstić information content (AvgIpc) is 2.57. The van der Waals surface area contributed by atoms with Gasteiger partial charge in [0.25, 0.3) is 5.91 Å². The molecule has 0 fully saturated rings. The maximum Gasteiger partial charge on any atom is 0.282 e. The Hall–Kier alpha value is -2.48. The van der Waals surface area contributed by atoms with E-state index in [0.29, 0.717) is 11.6 Å². The Kier molecular flexibility index (Phi) is 5.73. The van der Waals surface area contributed by atoms with Gasteiger partial charge in [0.15, 0.2) is 35.1 Å². The molecule has 2 aromatic rings. The highest BCUT2D eigenvalue weighted by Crippen LogP contribution is 2.19. The maximum absolute atomic E-state index is 13.6. The second-order valence-corrected chi connectivity index (χ2v) is 5.66. The standard InChI is InChI=1S/C17H15F5N2O/c1-8(10-3-4-11(18)13(20)7-10)23-9(2)17(25)24-14-6-5-12(19)15(21)16(14)22/h3-9,23H,1-2H3,(H,24,25)/p+1/t8-,9+/m1/s1. The van der Waals surface area contributed by atoms with Gasteiger partial charge >= 0.3 is 0 Å². The van der Waals surface area contributed by atoms with Gasteiger partial charge in [-0.25, -0.2) is 22.0 Å². The zero-order chi connectivity index (χ0) is 18.7. The minimum absolute atomic E-state index is 0.398. The number of nitrogens with one attached hydrogen (secondary N) is 1. The average molecular weight is 359 g/mol. The first-order valence-corrected chi connectivity index (χ1v) is 7.45. The summed E-state index contributed by atoms with van der Waals surface area (Å²) in [7, 11) is 0. The molecule has 0 aromatic heterocycles. The van der Waals surface area contributed by atoms with Gasteiger partial charge in [-0.05, 0) is 44.2 Å². The summed E-state index contributed by atoms with van der Waals surface area (Å²) in [5.74, 6) is -7.16. The third-order valence-electron chi connectivity index (χ3n) is 3.75. The van der Waals surface area contributed by atoms with E-state index in [1.807, 2.05) is 0 Å². The number of carbonyl (C=O) groups is 1. The van der Waals surface area contributed by atoms with Crippen LogP contribution in [0.1, 0.15) is 25.5 Å². The summed E-state index contributed by atoms with van der Waals surface area (Å²) in [6, 6.07) is 3.86. The molecule has 2 atom stereocenters. The normalized spacial score (nSPS) is 13.4. The van der Waals surface area contributed by atoms with Crippen LogP contribution in [0.3, 0.4) is 0 Å². The summed E-state index contributed by atoms with van der Waals surface area (Å²) < 4.78 is 65.8. The molecule has 0 aliphatic rings. The monoisotopic (exact) mass is 359 g/mol. The SMILES string of the molecule is C[C@H]([NH2+][C@H](C)c1ccc(F)c(F)c1)C(=O)Nc1ccc(F)c(F)c1F. The largest absolute Gasteiger partial charge is 0.330 e. The molecule has 0 spiro atoms. The fraction of sp³-hybridized carbons (Fsp3) is 0.235. The number of hydrogen-bond acceptors (Lipinski definition) is 1. The first kappa shape index (κ1) is 18.9. The van der Waals surface area contributed by atoms with Crippen molar-refractivity contribution >= 4 is 11.6 Å². The van der Waals surface area contributed by atoms with E-state index in [1.54, 1.807) is 12.2 Å². The van der Waals surface area contributed by atoms with Crippen LogP contribution in [0.2, 0.25) is 0 Å². The number of hydrogen-bond donors (Lipinski definition) is 2. The Labute approximate surface area is 140 Å². The van der Waals surface area contributed by atoms with Crippen molar-refractivity contribution in [2.45, 2.75) is 25.9 Å². The van der Waals surface area contributed by atoms with Gasteiger partial charge in [-0.15, -0.1) is 0 Å². The summed E-state index contributed by atoms with van der Waals surface area (Å²) in [6.07, 6.45) is 0. The van der Waals surface area contributed by atoms with E-state index < -0.39 is 52.8 Å². The third kappa shape index (κ3) is 4.33. The van der Waals surface area contributed by atoms with Crippen molar-refractivity contribution in [3.05, 3.63) is 65.0 Å². The van der Waals surface area contributed by atoms with Crippen LogP contribution in [0, 0.1) is 29.1 Å². The van der Waals surface area contributed by atoms with Gasteiger partial charge in [-0.3, -0.25) is 4.79 Å². The van der Waals surface area contributed by atoms with E-state index in [-0.39, 0.29) is 0 Å². The summed E-state index contributed by atoms with van der Waals surface area (Å²) in [5, 5.41) is 3.71. The molecule has 0 aliphatic carbocycles. The lowest BCUT2D eigenvalue weighted by Crippen LogP contribution is -2.91. The summed E-state index contributed by atoms with van der Waals surface area (Å²) in [6.45, 7) is 3.18. The molecule has 0 aliphatic heterocycles. The maximum atomic E-state index is 13.6. The Bertz CT molecular complexity index is 797. The molecule has 134 valence electrons. The number of anilines is 1. The lowest BCUT2D eigenvalue weighted by atomic mass is 10.1. The predicted molar refractivity (Wildman–Crippen MR) is 81.1 cm³/mol. The van der Waals surface area contributed by atoms with E-state index in [0.717, 1.165) is 18.2 Å². The molecule has 1 amide bonds. The minimum atomic E-state index is -1.68. The fourth-order valence-electron chi connectivity index (χ4n) is 2.30. The van der Waals surface area contributed by atoms with Crippen LogP contribution in [-0.4, -0.2) is 11.9 Å². The van der Waals surface area contributed by atoms with Crippen molar-refractivity contribution < 1.29 is 32.1 Å². The van der Waals surface area contributed by atoms with Gasteiger partial charge in [0.05, 0.1) is 5.69 Å². The highest BCUT2D eigenvalue weighted by Gasteiger charge is 2.23. The van der Waals surface area contributed by atoms with Crippen molar-refractivity contribution in [3.8, 4) is 0 Å². The lowest BCUT2D eigenvalue weighted by Gasteiger charge is -2.17. The van der Waals surface area contributed by atoms with Crippen molar-refractivity contribution in [1.29, 1.82) is 0 Å². The molecule has 2 rings (SSSR count). The predicted octanol–water partition coefficient (Wildman–Crippen LogP) is 3.03. The van der Waals surface area contributed by atoms with Crippen LogP contribution in [-0.2, 0) is 4.79 Å². The first-order chi connectivity index (χ1) is 11.7. The van der Waals surface area contributed by atoms with E-state index in [4.69, 9.17) is 0 Å². The number of halogens is 5. The van der Waals surface area contributed by atoms with Crippen LogP contribution in [0.4, 0.5) is 27.6 Å².